The summed E-state index contributed by atoms with van der Waals surface area (Å²) in [6, 6.07) is 0. The lowest BCUT2D eigenvalue weighted by atomic mass is 10.0. The number of carbonyl (C=O) groups excluding carboxylic acids is 4. The third kappa shape index (κ3) is 73.3. The lowest BCUT2D eigenvalue weighted by Crippen LogP contribution is -2.30. The summed E-state index contributed by atoms with van der Waals surface area (Å²) in [4.78, 5) is 72.9. The molecule has 0 amide bonds. The van der Waals surface area contributed by atoms with Crippen LogP contribution < -0.4 is 0 Å². The van der Waals surface area contributed by atoms with E-state index in [1.807, 2.05) is 12.2 Å². The van der Waals surface area contributed by atoms with Gasteiger partial charge in [-0.3, -0.25) is 37.3 Å². The normalized spacial score (nSPS) is 14.7. The van der Waals surface area contributed by atoms with E-state index in [4.69, 9.17) is 37.0 Å². The largest absolute Gasteiger partial charge is 0.472 e. The average molecular weight is 1470 g/mol. The average Bonchev–Trinajstić information content (AvgIpc) is 0.923. The second-order valence-electron chi connectivity index (χ2n) is 25.5. The first kappa shape index (κ1) is 96.9. The summed E-state index contributed by atoms with van der Waals surface area (Å²) in [5.74, 6) is -2.31. The Hall–Kier alpha value is -5.06. The Morgan fingerprint density at radius 1 is 0.284 bits per heavy atom. The molecule has 0 aliphatic heterocycles. The van der Waals surface area contributed by atoms with E-state index in [0.29, 0.717) is 38.5 Å². The van der Waals surface area contributed by atoms with Crippen molar-refractivity contribution < 1.29 is 80.2 Å². The number of phosphoric acid groups is 2. The van der Waals surface area contributed by atoms with Gasteiger partial charge in [-0.2, -0.15) is 0 Å². The maximum absolute atomic E-state index is 13.1. The van der Waals surface area contributed by atoms with Crippen LogP contribution in [-0.4, -0.2) is 96.7 Å². The minimum absolute atomic E-state index is 0.0261. The van der Waals surface area contributed by atoms with Crippen molar-refractivity contribution in [2.75, 3.05) is 39.6 Å². The molecule has 0 aliphatic carbocycles. The van der Waals surface area contributed by atoms with E-state index in [1.54, 1.807) is 0 Å². The van der Waals surface area contributed by atoms with Gasteiger partial charge < -0.3 is 33.8 Å². The predicted octanol–water partition coefficient (Wildman–Crippen LogP) is 22.7. The molecule has 19 heteroatoms. The number of aliphatic hydroxyl groups is 1. The van der Waals surface area contributed by atoms with Gasteiger partial charge >= 0.3 is 39.5 Å². The SMILES string of the molecule is CC/C=C\C/C=C\C/C=C\C/C=C\C/C=C\CCCC(=O)OCC(COP(=O)(O)OCC(O)COP(=O)(O)OCC(COC(=O)CCCCCCC/C=C\C/C=C\C/C=C\CC)OC(=O)CCCCCCCCCCCCCCCCC)OC(=O)CCCC/C=C\C/C=C\C/C=C\C/C=C\CC. The third-order valence-electron chi connectivity index (χ3n) is 15.8. The fraction of sp³-hybridized carbons (Fsp3) is 0.663. The first-order valence-corrected chi connectivity index (χ1v) is 42.1. The van der Waals surface area contributed by atoms with Gasteiger partial charge in [0.05, 0.1) is 26.4 Å². The van der Waals surface area contributed by atoms with Gasteiger partial charge in [0, 0.05) is 25.7 Å². The third-order valence-corrected chi connectivity index (χ3v) is 17.7. The van der Waals surface area contributed by atoms with E-state index in [0.717, 1.165) is 141 Å². The summed E-state index contributed by atoms with van der Waals surface area (Å²) in [6.45, 7) is 4.41. The molecule has 0 aromatic carbocycles. The Morgan fingerprint density at radius 2 is 0.520 bits per heavy atom. The monoisotopic (exact) mass is 1470 g/mol. The molecule has 0 saturated heterocycles. The molecule has 0 rings (SSSR count). The summed E-state index contributed by atoms with van der Waals surface area (Å²) < 4.78 is 68.5. The molecule has 0 aliphatic rings. The van der Waals surface area contributed by atoms with Gasteiger partial charge in [0.25, 0.3) is 0 Å². The van der Waals surface area contributed by atoms with E-state index >= 15 is 0 Å². The standard InChI is InChI=1S/C83H138O17P2/c1-5-9-13-17-21-25-29-33-37-38-42-44-48-52-56-60-64-68-81(86)94-74-79(100-83(88)70-66-62-58-54-50-46-41-36-32-28-24-20-16-12-8-4)76-98-102(91,92)96-72-77(84)71-95-101(89,90)97-75-78(99-82(87)69-65-61-57-53-49-45-40-35-31-27-23-19-15-11-7-3)73-93-80(85)67-63-59-55-51-47-43-39-34-30-26-22-18-14-10-6-2/h9-10,12-14,16,21-22,24-26,28,33-34,36-37,39,41-42,44,50,52,54,56,77-79,84H,5-8,11,15,17-20,23,27,29-32,35,38,40,43,45-49,51,53,55,57-76H2,1-4H3,(H,89,90)(H,91,92)/b13-9-,14-10-,16-12-,25-21-,26-22-,28-24-,37-33-,39-34-,41-36-,44-42-,54-50-,56-52-. The topological polar surface area (TPSA) is 237 Å². The molecule has 0 aromatic rings. The van der Waals surface area contributed by atoms with Gasteiger partial charge in [-0.05, 0) is 135 Å². The molecule has 0 bridgehead atoms. The Balaban J connectivity index is 5.46. The minimum Gasteiger partial charge on any atom is -0.462 e. The molecule has 0 spiro atoms. The van der Waals surface area contributed by atoms with E-state index in [1.165, 1.54) is 64.2 Å². The molecule has 5 atom stereocenters. The van der Waals surface area contributed by atoms with E-state index in [9.17, 15) is 43.2 Å². The highest BCUT2D eigenvalue weighted by atomic mass is 31.2. The molecular weight excluding hydrogens is 1330 g/mol. The van der Waals surface area contributed by atoms with Crippen LogP contribution in [0.2, 0.25) is 0 Å². The highest BCUT2D eigenvalue weighted by molar-refractivity contribution is 7.47. The summed E-state index contributed by atoms with van der Waals surface area (Å²) in [6.07, 6.45) is 84.2. The summed E-state index contributed by atoms with van der Waals surface area (Å²) >= 11 is 0. The lowest BCUT2D eigenvalue weighted by Gasteiger charge is -2.21. The molecule has 102 heavy (non-hydrogen) atoms. The fourth-order valence-corrected chi connectivity index (χ4v) is 11.5. The molecule has 0 fully saturated rings. The zero-order valence-electron chi connectivity index (χ0n) is 63.5. The second kappa shape index (κ2) is 74.2. The molecule has 0 aromatic heterocycles. The van der Waals surface area contributed by atoms with Crippen LogP contribution in [0.15, 0.2) is 146 Å². The zero-order chi connectivity index (χ0) is 74.6. The number of esters is 4. The van der Waals surface area contributed by atoms with Crippen molar-refractivity contribution in [3.8, 4) is 0 Å². The maximum Gasteiger partial charge on any atom is 0.472 e. The first-order chi connectivity index (χ1) is 49.7. The molecule has 582 valence electrons. The van der Waals surface area contributed by atoms with Crippen LogP contribution in [0.1, 0.15) is 297 Å². The Morgan fingerprint density at radius 3 is 0.843 bits per heavy atom. The molecule has 3 N–H and O–H groups in total. The van der Waals surface area contributed by atoms with Gasteiger partial charge in [-0.15, -0.1) is 0 Å². The Labute approximate surface area is 617 Å². The molecule has 5 unspecified atom stereocenters. The number of unbranched alkanes of at least 4 members (excludes halogenated alkanes) is 22. The van der Waals surface area contributed by atoms with Crippen LogP contribution >= 0.6 is 15.6 Å². The van der Waals surface area contributed by atoms with Gasteiger partial charge in [-0.25, -0.2) is 9.13 Å². The minimum atomic E-state index is -5.00. The summed E-state index contributed by atoms with van der Waals surface area (Å²) in [5, 5.41) is 10.6. The summed E-state index contributed by atoms with van der Waals surface area (Å²) in [7, 11) is -9.99. The molecular formula is C83H138O17P2. The van der Waals surface area contributed by atoms with Crippen molar-refractivity contribution >= 4 is 39.5 Å². The Bertz CT molecular complexity index is 2510. The predicted molar refractivity (Wildman–Crippen MR) is 417 cm³/mol. The van der Waals surface area contributed by atoms with Crippen LogP contribution in [-0.2, 0) is 65.4 Å². The number of allylic oxidation sites excluding steroid dienone is 24. The fourth-order valence-electron chi connectivity index (χ4n) is 9.97. The van der Waals surface area contributed by atoms with Gasteiger partial charge in [0.15, 0.2) is 12.2 Å². The molecule has 0 heterocycles. The van der Waals surface area contributed by atoms with Crippen LogP contribution in [0, 0.1) is 0 Å². The number of phosphoric ester groups is 2. The number of hydrogen-bond donors (Lipinski definition) is 3. The molecule has 0 radical (unpaired) electrons. The van der Waals surface area contributed by atoms with Crippen molar-refractivity contribution in [3.63, 3.8) is 0 Å². The van der Waals surface area contributed by atoms with Crippen LogP contribution in [0.25, 0.3) is 0 Å². The maximum atomic E-state index is 13.1. The number of carbonyl (C=O) groups is 4. The van der Waals surface area contributed by atoms with Gasteiger partial charge in [0.1, 0.15) is 19.3 Å². The van der Waals surface area contributed by atoms with Crippen molar-refractivity contribution in [1.82, 2.24) is 0 Å². The summed E-state index contributed by atoms with van der Waals surface area (Å²) in [5.41, 5.74) is 0. The lowest BCUT2D eigenvalue weighted by molar-refractivity contribution is -0.161. The number of ether oxygens (including phenoxy) is 4. The van der Waals surface area contributed by atoms with Gasteiger partial charge in [0.2, 0.25) is 0 Å². The van der Waals surface area contributed by atoms with Crippen molar-refractivity contribution in [2.24, 2.45) is 0 Å². The van der Waals surface area contributed by atoms with E-state index < -0.39 is 97.5 Å². The van der Waals surface area contributed by atoms with Crippen LogP contribution in [0.4, 0.5) is 0 Å². The highest BCUT2D eigenvalue weighted by Gasteiger charge is 2.30. The van der Waals surface area contributed by atoms with Crippen LogP contribution in [0.5, 0.6) is 0 Å². The second-order valence-corrected chi connectivity index (χ2v) is 28.4. The number of aliphatic hydroxyl groups excluding tert-OH is 1. The zero-order valence-corrected chi connectivity index (χ0v) is 65.3. The first-order valence-electron chi connectivity index (χ1n) is 39.1. The van der Waals surface area contributed by atoms with E-state index in [-0.39, 0.29) is 25.7 Å². The molecule has 17 nitrogen and oxygen atoms in total. The van der Waals surface area contributed by atoms with Gasteiger partial charge in [-0.1, -0.05) is 283 Å². The number of rotatable bonds is 72. The quantitative estimate of drug-likeness (QED) is 0.0169. The number of hydrogen-bond acceptors (Lipinski definition) is 15. The van der Waals surface area contributed by atoms with E-state index in [2.05, 4.69) is 161 Å². The smallest absolute Gasteiger partial charge is 0.462 e. The molecule has 0 saturated carbocycles. The highest BCUT2D eigenvalue weighted by Crippen LogP contribution is 2.45. The Kier molecular flexibility index (Phi) is 70.5. The van der Waals surface area contributed by atoms with Crippen molar-refractivity contribution in [2.45, 2.75) is 316 Å². The van der Waals surface area contributed by atoms with Crippen LogP contribution in [0.3, 0.4) is 0 Å². The van der Waals surface area contributed by atoms with Crippen molar-refractivity contribution in [3.05, 3.63) is 146 Å². The van der Waals surface area contributed by atoms with Crippen molar-refractivity contribution in [1.29, 1.82) is 0 Å².